The number of aliphatic hydroxyl groups excluding tert-OH is 1. The molecule has 0 saturated carbocycles. The average Bonchev–Trinajstić information content (AvgIpc) is 2.84. The van der Waals surface area contributed by atoms with E-state index in [1.807, 2.05) is 34.0 Å². The van der Waals surface area contributed by atoms with Crippen molar-refractivity contribution < 1.29 is 24.2 Å². The standard InChI is InChI=1S/C33H58N2O5S/c1-12-13-16-34-30(37)23(4)17-28(36)27(35-31(38)40-33(8,9)10)20-25(22(2)3)18-24-14-15-26(32(5,6)7)29(19-24)39-21-41-11/h14-15,19,22-23,25,27-28,36H,12-13,16-18,20-21H2,1-11H3,(H,34,37)(H,35,38)/t23?,25-,27-,28-/m0/s1. The van der Waals surface area contributed by atoms with Gasteiger partial charge in [0.15, 0.2) is 0 Å². The maximum Gasteiger partial charge on any atom is 0.407 e. The van der Waals surface area contributed by atoms with Crippen LogP contribution in [0.4, 0.5) is 4.79 Å². The largest absolute Gasteiger partial charge is 0.483 e. The van der Waals surface area contributed by atoms with Crippen molar-refractivity contribution in [2.24, 2.45) is 17.8 Å². The van der Waals surface area contributed by atoms with Crippen molar-refractivity contribution >= 4 is 23.8 Å². The fourth-order valence-electron chi connectivity index (χ4n) is 4.74. The van der Waals surface area contributed by atoms with Crippen molar-refractivity contribution in [3.8, 4) is 5.75 Å². The van der Waals surface area contributed by atoms with Gasteiger partial charge < -0.3 is 25.2 Å². The molecule has 1 aromatic rings. The first kappa shape index (κ1) is 37.1. The van der Waals surface area contributed by atoms with Gasteiger partial charge in [-0.15, -0.1) is 11.8 Å². The molecule has 41 heavy (non-hydrogen) atoms. The van der Waals surface area contributed by atoms with E-state index in [0.717, 1.165) is 30.6 Å². The van der Waals surface area contributed by atoms with Crippen molar-refractivity contribution in [3.63, 3.8) is 0 Å². The third-order valence-corrected chi connectivity index (χ3v) is 7.58. The molecule has 4 atom stereocenters. The van der Waals surface area contributed by atoms with Gasteiger partial charge >= 0.3 is 6.09 Å². The first-order valence-corrected chi connectivity index (χ1v) is 16.6. The first-order chi connectivity index (χ1) is 19.0. The molecule has 8 heteroatoms. The van der Waals surface area contributed by atoms with Crippen molar-refractivity contribution in [2.75, 3.05) is 18.7 Å². The molecule has 2 amide bonds. The summed E-state index contributed by atoms with van der Waals surface area (Å²) < 4.78 is 11.7. The van der Waals surface area contributed by atoms with Crippen LogP contribution in [0.3, 0.4) is 0 Å². The highest BCUT2D eigenvalue weighted by Gasteiger charge is 2.31. The van der Waals surface area contributed by atoms with Crippen molar-refractivity contribution in [3.05, 3.63) is 29.3 Å². The summed E-state index contributed by atoms with van der Waals surface area (Å²) in [6, 6.07) is 5.90. The monoisotopic (exact) mass is 594 g/mol. The minimum atomic E-state index is -0.903. The normalized spacial score (nSPS) is 15.1. The van der Waals surface area contributed by atoms with Gasteiger partial charge in [0.05, 0.1) is 12.1 Å². The summed E-state index contributed by atoms with van der Waals surface area (Å²) >= 11 is 1.64. The van der Waals surface area contributed by atoms with Crippen LogP contribution in [-0.4, -0.2) is 53.6 Å². The molecule has 0 aliphatic rings. The number of ether oxygens (including phenoxy) is 2. The predicted molar refractivity (Wildman–Crippen MR) is 172 cm³/mol. The van der Waals surface area contributed by atoms with Gasteiger partial charge in [-0.3, -0.25) is 4.79 Å². The minimum absolute atomic E-state index is 0.0458. The number of unbranched alkanes of at least 4 members (excludes halogenated alkanes) is 1. The van der Waals surface area contributed by atoms with E-state index in [2.05, 4.69) is 70.4 Å². The van der Waals surface area contributed by atoms with Crippen LogP contribution < -0.4 is 15.4 Å². The molecule has 0 radical (unpaired) electrons. The molecule has 1 rings (SSSR count). The molecule has 1 aromatic carbocycles. The van der Waals surface area contributed by atoms with Crippen LogP contribution in [0.1, 0.15) is 106 Å². The molecule has 7 nitrogen and oxygen atoms in total. The lowest BCUT2D eigenvalue weighted by molar-refractivity contribution is -0.125. The van der Waals surface area contributed by atoms with Crippen LogP contribution in [0.5, 0.6) is 5.75 Å². The van der Waals surface area contributed by atoms with E-state index >= 15 is 0 Å². The maximum absolute atomic E-state index is 12.8. The minimum Gasteiger partial charge on any atom is -0.483 e. The molecule has 0 aliphatic carbocycles. The van der Waals surface area contributed by atoms with Crippen LogP contribution in [0, 0.1) is 17.8 Å². The number of aliphatic hydroxyl groups is 1. The average molecular weight is 595 g/mol. The fraction of sp³-hybridized carbons (Fsp3) is 0.758. The predicted octanol–water partition coefficient (Wildman–Crippen LogP) is 7.08. The Labute approximate surface area is 254 Å². The van der Waals surface area contributed by atoms with Gasteiger partial charge in [0.25, 0.3) is 0 Å². The number of amides is 2. The molecule has 0 saturated heterocycles. The van der Waals surface area contributed by atoms with E-state index in [1.165, 1.54) is 5.56 Å². The lowest BCUT2D eigenvalue weighted by Crippen LogP contribution is -2.48. The number of benzene rings is 1. The maximum atomic E-state index is 12.8. The third kappa shape index (κ3) is 14.2. The van der Waals surface area contributed by atoms with Gasteiger partial charge in [-0.1, -0.05) is 67.0 Å². The molecule has 0 bridgehead atoms. The SMILES string of the molecule is CCCCNC(=O)C(C)C[C@H](O)[C@H](C[C@H](Cc1ccc(C(C)(C)C)c(OCSC)c1)C(C)C)NC(=O)OC(C)(C)C. The van der Waals surface area contributed by atoms with Gasteiger partial charge in [-0.25, -0.2) is 4.79 Å². The molecule has 3 N–H and O–H groups in total. The van der Waals surface area contributed by atoms with Crippen LogP contribution in [-0.2, 0) is 21.4 Å². The van der Waals surface area contributed by atoms with Crippen LogP contribution in [0.25, 0.3) is 0 Å². The summed E-state index contributed by atoms with van der Waals surface area (Å²) in [5.74, 6) is 1.47. The van der Waals surface area contributed by atoms with Gasteiger partial charge in [-0.2, -0.15) is 0 Å². The highest BCUT2D eigenvalue weighted by molar-refractivity contribution is 7.98. The number of rotatable bonds is 16. The van der Waals surface area contributed by atoms with Crippen LogP contribution in [0.2, 0.25) is 0 Å². The molecule has 0 heterocycles. The van der Waals surface area contributed by atoms with E-state index in [1.54, 1.807) is 11.8 Å². The Morgan fingerprint density at radius 1 is 1.05 bits per heavy atom. The van der Waals surface area contributed by atoms with E-state index in [-0.39, 0.29) is 35.5 Å². The van der Waals surface area contributed by atoms with E-state index in [0.29, 0.717) is 18.9 Å². The molecule has 1 unspecified atom stereocenters. The Balaban J connectivity index is 3.20. The molecule has 0 aromatic heterocycles. The van der Waals surface area contributed by atoms with Gasteiger partial charge in [0, 0.05) is 12.5 Å². The van der Waals surface area contributed by atoms with E-state index in [9.17, 15) is 14.7 Å². The van der Waals surface area contributed by atoms with Gasteiger partial charge in [0.1, 0.15) is 17.3 Å². The molecule has 0 spiro atoms. The van der Waals surface area contributed by atoms with E-state index < -0.39 is 23.8 Å². The van der Waals surface area contributed by atoms with E-state index in [4.69, 9.17) is 9.47 Å². The molecule has 0 fully saturated rings. The second-order valence-electron chi connectivity index (χ2n) is 13.7. The summed E-state index contributed by atoms with van der Waals surface area (Å²) in [7, 11) is 0. The lowest BCUT2D eigenvalue weighted by atomic mass is 9.80. The Morgan fingerprint density at radius 3 is 2.24 bits per heavy atom. The first-order valence-electron chi connectivity index (χ1n) is 15.2. The zero-order chi connectivity index (χ0) is 31.4. The zero-order valence-electron chi connectivity index (χ0n) is 27.6. The smallest absolute Gasteiger partial charge is 0.407 e. The second kappa shape index (κ2) is 17.3. The number of nitrogens with one attached hydrogen (secondary N) is 2. The Hall–Kier alpha value is -1.93. The topological polar surface area (TPSA) is 96.9 Å². The highest BCUT2D eigenvalue weighted by atomic mass is 32.2. The van der Waals surface area contributed by atoms with Crippen molar-refractivity contribution in [1.29, 1.82) is 0 Å². The summed E-state index contributed by atoms with van der Waals surface area (Å²) in [6.45, 7) is 20.9. The molecule has 0 aliphatic heterocycles. The lowest BCUT2D eigenvalue weighted by Gasteiger charge is -2.32. The number of alkyl carbamates (subject to hydrolysis) is 1. The fourth-order valence-corrected chi connectivity index (χ4v) is 4.99. The van der Waals surface area contributed by atoms with Crippen LogP contribution in [0.15, 0.2) is 18.2 Å². The number of hydrogen-bond acceptors (Lipinski definition) is 6. The zero-order valence-corrected chi connectivity index (χ0v) is 28.4. The summed E-state index contributed by atoms with van der Waals surface area (Å²) in [5, 5.41) is 17.2. The Morgan fingerprint density at radius 2 is 1.71 bits per heavy atom. The molecule has 236 valence electrons. The van der Waals surface area contributed by atoms with Gasteiger partial charge in [-0.05, 0) is 87.2 Å². The number of hydrogen-bond donors (Lipinski definition) is 3. The van der Waals surface area contributed by atoms with Crippen molar-refractivity contribution in [1.82, 2.24) is 10.6 Å². The molecular weight excluding hydrogens is 536 g/mol. The molecular formula is C33H58N2O5S. The highest BCUT2D eigenvalue weighted by Crippen LogP contribution is 2.34. The third-order valence-electron chi connectivity index (χ3n) is 7.22. The summed E-state index contributed by atoms with van der Waals surface area (Å²) in [6.07, 6.45) is 4.03. The van der Waals surface area contributed by atoms with Gasteiger partial charge in [0.2, 0.25) is 5.91 Å². The Bertz CT molecular complexity index is 939. The summed E-state index contributed by atoms with van der Waals surface area (Å²) in [5.41, 5.74) is 1.62. The quantitative estimate of drug-likeness (QED) is 0.140. The van der Waals surface area contributed by atoms with Crippen LogP contribution >= 0.6 is 11.8 Å². The number of thioether (sulfide) groups is 1. The Kier molecular flexibility index (Phi) is 15.6. The number of carbonyl (C=O) groups excluding carboxylic acids is 2. The summed E-state index contributed by atoms with van der Waals surface area (Å²) in [4.78, 5) is 25.4. The van der Waals surface area contributed by atoms with Crippen molar-refractivity contribution in [2.45, 2.75) is 125 Å². The second-order valence-corrected chi connectivity index (χ2v) is 14.5. The number of carbonyl (C=O) groups is 2.